The molecule has 15 heavy (non-hydrogen) atoms. The lowest BCUT2D eigenvalue weighted by atomic mass is 9.94. The molecular weight excluding hydrogens is 254 g/mol. The molecule has 3 atom stereocenters. The summed E-state index contributed by atoms with van der Waals surface area (Å²) in [6.45, 7) is 6.01. The highest BCUT2D eigenvalue weighted by Gasteiger charge is 2.37. The molecule has 1 saturated carbocycles. The smallest absolute Gasteiger partial charge is 0.0583 e. The van der Waals surface area contributed by atoms with Gasteiger partial charge in [-0.3, -0.25) is 4.90 Å². The van der Waals surface area contributed by atoms with Crippen molar-refractivity contribution in [3.63, 3.8) is 0 Å². The van der Waals surface area contributed by atoms with E-state index in [4.69, 9.17) is 0 Å². The maximum absolute atomic E-state index is 9.94. The van der Waals surface area contributed by atoms with Crippen LogP contribution >= 0.6 is 15.9 Å². The van der Waals surface area contributed by atoms with Crippen molar-refractivity contribution in [2.75, 3.05) is 13.1 Å². The third-order valence-corrected chi connectivity index (χ3v) is 4.07. The van der Waals surface area contributed by atoms with Crippen molar-refractivity contribution in [3.05, 3.63) is 11.1 Å². The number of aliphatic hydroxyl groups excluding tert-OH is 1. The van der Waals surface area contributed by atoms with E-state index >= 15 is 0 Å². The van der Waals surface area contributed by atoms with Crippen LogP contribution in [-0.4, -0.2) is 35.2 Å². The SMILES string of the molecule is C=C(Br)CN1CCCC1C1CCCC1O. The standard InChI is InChI=1S/C12H20BrNO/c1-9(13)8-14-7-3-5-11(14)10-4-2-6-12(10)15/h10-12,15H,1-8H2. The van der Waals surface area contributed by atoms with Gasteiger partial charge >= 0.3 is 0 Å². The first-order valence-corrected chi connectivity index (χ1v) is 6.73. The number of hydrogen-bond donors (Lipinski definition) is 1. The molecule has 3 heteroatoms. The third kappa shape index (κ3) is 2.63. The Labute approximate surface area is 100 Å². The number of aliphatic hydroxyl groups is 1. The van der Waals surface area contributed by atoms with Gasteiger partial charge < -0.3 is 5.11 Å². The zero-order valence-corrected chi connectivity index (χ0v) is 10.7. The van der Waals surface area contributed by atoms with Crippen LogP contribution in [0.15, 0.2) is 11.1 Å². The molecule has 1 heterocycles. The summed E-state index contributed by atoms with van der Waals surface area (Å²) in [5.74, 6) is 0.513. The Morgan fingerprint density at radius 3 is 2.73 bits per heavy atom. The third-order valence-electron chi connectivity index (χ3n) is 3.81. The quantitative estimate of drug-likeness (QED) is 0.854. The Balaban J connectivity index is 1.97. The molecule has 0 spiro atoms. The Bertz CT molecular complexity index is 244. The molecule has 1 aliphatic carbocycles. The number of rotatable bonds is 3. The van der Waals surface area contributed by atoms with Crippen LogP contribution in [0.3, 0.4) is 0 Å². The summed E-state index contributed by atoms with van der Waals surface area (Å²) in [7, 11) is 0. The predicted molar refractivity (Wildman–Crippen MR) is 66.0 cm³/mol. The minimum Gasteiger partial charge on any atom is -0.393 e. The van der Waals surface area contributed by atoms with Gasteiger partial charge in [-0.05, 0) is 32.2 Å². The highest BCUT2D eigenvalue weighted by atomic mass is 79.9. The maximum atomic E-state index is 9.94. The van der Waals surface area contributed by atoms with E-state index < -0.39 is 0 Å². The van der Waals surface area contributed by atoms with Crippen LogP contribution in [0.4, 0.5) is 0 Å². The van der Waals surface area contributed by atoms with Crippen molar-refractivity contribution in [2.24, 2.45) is 5.92 Å². The van der Waals surface area contributed by atoms with Crippen molar-refractivity contribution < 1.29 is 5.11 Å². The molecule has 86 valence electrons. The first-order chi connectivity index (χ1) is 7.18. The van der Waals surface area contributed by atoms with Gasteiger partial charge in [-0.25, -0.2) is 0 Å². The lowest BCUT2D eigenvalue weighted by Gasteiger charge is -2.31. The maximum Gasteiger partial charge on any atom is 0.0583 e. The molecule has 2 rings (SSSR count). The lowest BCUT2D eigenvalue weighted by Crippen LogP contribution is -2.39. The summed E-state index contributed by atoms with van der Waals surface area (Å²) in [6.07, 6.45) is 5.88. The summed E-state index contributed by atoms with van der Waals surface area (Å²) in [5.41, 5.74) is 0. The van der Waals surface area contributed by atoms with Gasteiger partial charge in [0.05, 0.1) is 6.10 Å². The molecule has 0 amide bonds. The lowest BCUT2D eigenvalue weighted by molar-refractivity contribution is 0.0788. The number of halogens is 1. The second-order valence-corrected chi connectivity index (χ2v) is 5.98. The zero-order valence-electron chi connectivity index (χ0n) is 9.16. The van der Waals surface area contributed by atoms with Crippen LogP contribution in [0.25, 0.3) is 0 Å². The Kier molecular flexibility index (Phi) is 3.86. The molecule has 0 bridgehead atoms. The van der Waals surface area contributed by atoms with Crippen molar-refractivity contribution >= 4 is 15.9 Å². The summed E-state index contributed by atoms with van der Waals surface area (Å²) >= 11 is 3.44. The fraction of sp³-hybridized carbons (Fsp3) is 0.833. The van der Waals surface area contributed by atoms with E-state index in [9.17, 15) is 5.11 Å². The Hall–Kier alpha value is 0.140. The molecule has 1 saturated heterocycles. The van der Waals surface area contributed by atoms with E-state index in [1.807, 2.05) is 0 Å². The normalized spacial score (nSPS) is 37.3. The van der Waals surface area contributed by atoms with E-state index in [0.717, 1.165) is 17.4 Å². The topological polar surface area (TPSA) is 23.5 Å². The van der Waals surface area contributed by atoms with Crippen LogP contribution in [0.5, 0.6) is 0 Å². The summed E-state index contributed by atoms with van der Waals surface area (Å²) in [5, 5.41) is 9.94. The van der Waals surface area contributed by atoms with Gasteiger partial charge in [0.15, 0.2) is 0 Å². The molecule has 0 aromatic heterocycles. The van der Waals surface area contributed by atoms with Crippen LogP contribution in [0.2, 0.25) is 0 Å². The first kappa shape index (κ1) is 11.6. The van der Waals surface area contributed by atoms with Gasteiger partial charge in [0, 0.05) is 23.0 Å². The number of hydrogen-bond acceptors (Lipinski definition) is 2. The molecule has 0 radical (unpaired) electrons. The molecule has 2 fully saturated rings. The molecule has 0 aromatic carbocycles. The van der Waals surface area contributed by atoms with Crippen molar-refractivity contribution in [1.82, 2.24) is 4.90 Å². The Morgan fingerprint density at radius 2 is 2.13 bits per heavy atom. The summed E-state index contributed by atoms with van der Waals surface area (Å²) in [4.78, 5) is 2.48. The fourth-order valence-electron chi connectivity index (χ4n) is 3.17. The fourth-order valence-corrected chi connectivity index (χ4v) is 3.49. The van der Waals surface area contributed by atoms with Gasteiger partial charge in [0.25, 0.3) is 0 Å². The highest BCUT2D eigenvalue weighted by molar-refractivity contribution is 9.11. The number of nitrogens with zero attached hydrogens (tertiary/aromatic N) is 1. The van der Waals surface area contributed by atoms with Crippen LogP contribution in [0.1, 0.15) is 32.1 Å². The van der Waals surface area contributed by atoms with Crippen LogP contribution < -0.4 is 0 Å². The monoisotopic (exact) mass is 273 g/mol. The molecule has 1 N–H and O–H groups in total. The molecule has 3 unspecified atom stereocenters. The number of likely N-dealkylation sites (tertiary alicyclic amines) is 1. The second-order valence-electron chi connectivity index (χ2n) is 4.86. The average molecular weight is 274 g/mol. The average Bonchev–Trinajstić information content (AvgIpc) is 2.73. The minimum absolute atomic E-state index is 0.0563. The van der Waals surface area contributed by atoms with Gasteiger partial charge in [-0.1, -0.05) is 28.9 Å². The molecule has 0 aromatic rings. The van der Waals surface area contributed by atoms with E-state index in [1.165, 1.54) is 32.2 Å². The van der Waals surface area contributed by atoms with E-state index in [1.54, 1.807) is 0 Å². The van der Waals surface area contributed by atoms with Crippen LogP contribution in [0, 0.1) is 5.92 Å². The largest absolute Gasteiger partial charge is 0.393 e. The summed E-state index contributed by atoms with van der Waals surface area (Å²) in [6, 6.07) is 0.594. The molecular formula is C12H20BrNO. The second kappa shape index (κ2) is 4.98. The van der Waals surface area contributed by atoms with Crippen molar-refractivity contribution in [2.45, 2.75) is 44.2 Å². The van der Waals surface area contributed by atoms with Crippen molar-refractivity contribution in [1.29, 1.82) is 0 Å². The predicted octanol–water partition coefficient (Wildman–Crippen LogP) is 2.52. The molecule has 1 aliphatic heterocycles. The van der Waals surface area contributed by atoms with Gasteiger partial charge in [-0.15, -0.1) is 0 Å². The first-order valence-electron chi connectivity index (χ1n) is 5.94. The van der Waals surface area contributed by atoms with E-state index in [0.29, 0.717) is 12.0 Å². The molecule has 2 aliphatic rings. The van der Waals surface area contributed by atoms with E-state index in [2.05, 4.69) is 27.4 Å². The van der Waals surface area contributed by atoms with Crippen molar-refractivity contribution in [3.8, 4) is 0 Å². The van der Waals surface area contributed by atoms with Crippen LogP contribution in [-0.2, 0) is 0 Å². The summed E-state index contributed by atoms with van der Waals surface area (Å²) < 4.78 is 1.06. The highest BCUT2D eigenvalue weighted by Crippen LogP contribution is 2.36. The van der Waals surface area contributed by atoms with Gasteiger partial charge in [0.2, 0.25) is 0 Å². The van der Waals surface area contributed by atoms with Gasteiger partial charge in [-0.2, -0.15) is 0 Å². The zero-order chi connectivity index (χ0) is 10.8. The Morgan fingerprint density at radius 1 is 1.33 bits per heavy atom. The van der Waals surface area contributed by atoms with E-state index in [-0.39, 0.29) is 6.10 Å². The minimum atomic E-state index is -0.0563. The molecule has 2 nitrogen and oxygen atoms in total. The van der Waals surface area contributed by atoms with Gasteiger partial charge in [0.1, 0.15) is 0 Å².